The summed E-state index contributed by atoms with van der Waals surface area (Å²) >= 11 is 6.03. The number of amides is 3. The third kappa shape index (κ3) is 4.66. The number of benzene rings is 1. The number of primary amides is 1. The maximum atomic E-state index is 12.6. The van der Waals surface area contributed by atoms with E-state index in [0.717, 1.165) is 19.0 Å². The topological polar surface area (TPSA) is 98.9 Å². The van der Waals surface area contributed by atoms with E-state index in [-0.39, 0.29) is 29.3 Å². The molecule has 0 bridgehead atoms. The lowest BCUT2D eigenvalue weighted by atomic mass is 10.1. The highest BCUT2D eigenvalue weighted by atomic mass is 35.5. The molecule has 1 saturated carbocycles. The molecule has 1 aromatic carbocycles. The zero-order chi connectivity index (χ0) is 18.7. The van der Waals surface area contributed by atoms with Crippen molar-refractivity contribution in [1.82, 2.24) is 9.80 Å². The van der Waals surface area contributed by atoms with E-state index < -0.39 is 5.91 Å². The zero-order valence-corrected chi connectivity index (χ0v) is 15.4. The molecule has 1 saturated heterocycles. The first-order valence-electron chi connectivity index (χ1n) is 8.98. The van der Waals surface area contributed by atoms with Crippen molar-refractivity contribution in [3.8, 4) is 0 Å². The standard InChI is InChI=1S/C18H25ClN4O3/c19-16-9-13(3-4-15(16)17(20)25)21-18(26)23-7-6-22(10-12-1-2-12)14(11-23)5-8-24/h3-4,9,12,14,24H,1-2,5-8,10-11H2,(H2,20,25)(H,21,26)/t14-/m1/s1. The number of rotatable bonds is 6. The molecule has 0 aromatic heterocycles. The summed E-state index contributed by atoms with van der Waals surface area (Å²) in [7, 11) is 0. The second-order valence-corrected chi connectivity index (χ2v) is 7.45. The SMILES string of the molecule is NC(=O)c1ccc(NC(=O)N2CCN(CC3CC3)[C@H](CCO)C2)cc1Cl. The van der Waals surface area contributed by atoms with Gasteiger partial charge < -0.3 is 21.1 Å². The van der Waals surface area contributed by atoms with Gasteiger partial charge in [-0.3, -0.25) is 9.69 Å². The molecule has 1 atom stereocenters. The maximum absolute atomic E-state index is 12.6. The second-order valence-electron chi connectivity index (χ2n) is 7.04. The number of aliphatic hydroxyl groups is 1. The zero-order valence-electron chi connectivity index (χ0n) is 14.7. The van der Waals surface area contributed by atoms with Gasteiger partial charge in [-0.2, -0.15) is 0 Å². The Bertz CT molecular complexity index is 680. The van der Waals surface area contributed by atoms with E-state index >= 15 is 0 Å². The summed E-state index contributed by atoms with van der Waals surface area (Å²) in [4.78, 5) is 28.0. The molecule has 26 heavy (non-hydrogen) atoms. The van der Waals surface area contributed by atoms with Crippen LogP contribution in [0.4, 0.5) is 10.5 Å². The lowest BCUT2D eigenvalue weighted by molar-refractivity contribution is 0.0739. The molecule has 0 unspecified atom stereocenters. The molecule has 2 fully saturated rings. The highest BCUT2D eigenvalue weighted by Gasteiger charge is 2.33. The van der Waals surface area contributed by atoms with Crippen molar-refractivity contribution in [2.45, 2.75) is 25.3 Å². The van der Waals surface area contributed by atoms with Crippen LogP contribution in [0.1, 0.15) is 29.6 Å². The lowest BCUT2D eigenvalue weighted by Gasteiger charge is -2.41. The summed E-state index contributed by atoms with van der Waals surface area (Å²) in [6, 6.07) is 4.61. The number of piperazine rings is 1. The molecule has 7 nitrogen and oxygen atoms in total. The largest absolute Gasteiger partial charge is 0.396 e. The van der Waals surface area contributed by atoms with Gasteiger partial charge in [0.1, 0.15) is 0 Å². The Morgan fingerprint density at radius 1 is 1.31 bits per heavy atom. The fourth-order valence-electron chi connectivity index (χ4n) is 3.37. The Morgan fingerprint density at radius 2 is 2.08 bits per heavy atom. The van der Waals surface area contributed by atoms with E-state index in [4.69, 9.17) is 17.3 Å². The molecule has 3 amide bonds. The third-order valence-corrected chi connectivity index (χ3v) is 5.34. The van der Waals surface area contributed by atoms with Crippen LogP contribution in [-0.4, -0.2) is 65.7 Å². The van der Waals surface area contributed by atoms with Crippen LogP contribution < -0.4 is 11.1 Å². The van der Waals surface area contributed by atoms with E-state index in [1.54, 1.807) is 11.0 Å². The predicted octanol–water partition coefficient (Wildman–Crippen LogP) is 1.75. The first kappa shape index (κ1) is 18.9. The molecule has 1 aliphatic carbocycles. The maximum Gasteiger partial charge on any atom is 0.321 e. The molecule has 1 heterocycles. The number of hydrogen-bond acceptors (Lipinski definition) is 4. The summed E-state index contributed by atoms with van der Waals surface area (Å²) < 4.78 is 0. The molecular weight excluding hydrogens is 356 g/mol. The van der Waals surface area contributed by atoms with E-state index in [2.05, 4.69) is 10.2 Å². The number of carbonyl (C=O) groups excluding carboxylic acids is 2. The highest BCUT2D eigenvalue weighted by molar-refractivity contribution is 6.34. The quantitative estimate of drug-likeness (QED) is 0.700. The van der Waals surface area contributed by atoms with Crippen molar-refractivity contribution in [3.63, 3.8) is 0 Å². The van der Waals surface area contributed by atoms with Gasteiger partial charge in [0, 0.05) is 44.5 Å². The number of anilines is 1. The first-order valence-corrected chi connectivity index (χ1v) is 9.36. The van der Waals surface area contributed by atoms with Crippen molar-refractivity contribution < 1.29 is 14.7 Å². The Kier molecular flexibility index (Phi) is 6.01. The van der Waals surface area contributed by atoms with Crippen LogP contribution in [0.5, 0.6) is 0 Å². The Labute approximate surface area is 158 Å². The molecule has 2 aliphatic rings. The van der Waals surface area contributed by atoms with Gasteiger partial charge in [0.05, 0.1) is 10.6 Å². The fourth-order valence-corrected chi connectivity index (χ4v) is 3.64. The van der Waals surface area contributed by atoms with Gasteiger partial charge in [0.15, 0.2) is 0 Å². The Balaban J connectivity index is 1.60. The number of nitrogens with two attached hydrogens (primary N) is 1. The van der Waals surface area contributed by atoms with E-state index in [0.29, 0.717) is 25.2 Å². The summed E-state index contributed by atoms with van der Waals surface area (Å²) in [5.74, 6) is 0.175. The fraction of sp³-hybridized carbons (Fsp3) is 0.556. The number of aliphatic hydroxyl groups excluding tert-OH is 1. The lowest BCUT2D eigenvalue weighted by Crippen LogP contribution is -2.56. The number of hydrogen-bond donors (Lipinski definition) is 3. The van der Waals surface area contributed by atoms with E-state index in [1.807, 2.05) is 0 Å². The van der Waals surface area contributed by atoms with Crippen LogP contribution >= 0.6 is 11.6 Å². The minimum absolute atomic E-state index is 0.117. The summed E-state index contributed by atoms with van der Waals surface area (Å²) in [5.41, 5.74) is 5.98. The van der Waals surface area contributed by atoms with Crippen LogP contribution in [0.15, 0.2) is 18.2 Å². The smallest absolute Gasteiger partial charge is 0.321 e. The van der Waals surface area contributed by atoms with Crippen LogP contribution in [0.25, 0.3) is 0 Å². The van der Waals surface area contributed by atoms with E-state index in [1.165, 1.54) is 25.0 Å². The Hall–Kier alpha value is -1.83. The van der Waals surface area contributed by atoms with Crippen LogP contribution in [0, 0.1) is 5.92 Å². The number of nitrogens with zero attached hydrogens (tertiary/aromatic N) is 2. The van der Waals surface area contributed by atoms with Crippen molar-refractivity contribution in [2.24, 2.45) is 11.7 Å². The summed E-state index contributed by atoms with van der Waals surface area (Å²) in [6.07, 6.45) is 3.23. The van der Waals surface area contributed by atoms with Gasteiger partial charge in [0.2, 0.25) is 5.91 Å². The van der Waals surface area contributed by atoms with Crippen molar-refractivity contribution in [3.05, 3.63) is 28.8 Å². The predicted molar refractivity (Wildman–Crippen MR) is 100 cm³/mol. The average molecular weight is 381 g/mol. The monoisotopic (exact) mass is 380 g/mol. The van der Waals surface area contributed by atoms with E-state index in [9.17, 15) is 14.7 Å². The van der Waals surface area contributed by atoms with Crippen molar-refractivity contribution in [2.75, 3.05) is 38.1 Å². The van der Waals surface area contributed by atoms with Gasteiger partial charge in [-0.05, 0) is 43.4 Å². The van der Waals surface area contributed by atoms with Crippen molar-refractivity contribution >= 4 is 29.2 Å². The minimum atomic E-state index is -0.605. The van der Waals surface area contributed by atoms with Gasteiger partial charge in [0.25, 0.3) is 0 Å². The van der Waals surface area contributed by atoms with Crippen LogP contribution in [0.2, 0.25) is 5.02 Å². The minimum Gasteiger partial charge on any atom is -0.396 e. The molecule has 0 spiro atoms. The molecule has 1 aliphatic heterocycles. The van der Waals surface area contributed by atoms with Gasteiger partial charge in [-0.25, -0.2) is 4.79 Å². The highest BCUT2D eigenvalue weighted by Crippen LogP contribution is 2.31. The summed E-state index contributed by atoms with van der Waals surface area (Å²) in [6.45, 7) is 3.23. The number of nitrogens with one attached hydrogen (secondary N) is 1. The second kappa shape index (κ2) is 8.24. The van der Waals surface area contributed by atoms with Gasteiger partial charge in [-0.15, -0.1) is 0 Å². The van der Waals surface area contributed by atoms with Gasteiger partial charge in [-0.1, -0.05) is 11.6 Å². The molecule has 142 valence electrons. The molecule has 4 N–H and O–H groups in total. The van der Waals surface area contributed by atoms with Gasteiger partial charge >= 0.3 is 6.03 Å². The number of urea groups is 1. The molecule has 0 radical (unpaired) electrons. The third-order valence-electron chi connectivity index (χ3n) is 5.03. The molecular formula is C18H25ClN4O3. The number of carbonyl (C=O) groups is 2. The summed E-state index contributed by atoms with van der Waals surface area (Å²) in [5, 5.41) is 12.4. The van der Waals surface area contributed by atoms with Crippen LogP contribution in [-0.2, 0) is 0 Å². The average Bonchev–Trinajstić information content (AvgIpc) is 3.40. The normalized spacial score (nSPS) is 20.8. The molecule has 1 aromatic rings. The number of halogens is 1. The molecule has 3 rings (SSSR count). The van der Waals surface area contributed by atoms with Crippen LogP contribution in [0.3, 0.4) is 0 Å². The van der Waals surface area contributed by atoms with Crippen molar-refractivity contribution in [1.29, 1.82) is 0 Å². The first-order chi connectivity index (χ1) is 12.5. The molecule has 8 heteroatoms. The Morgan fingerprint density at radius 3 is 2.69 bits per heavy atom.